The van der Waals surface area contributed by atoms with E-state index in [0.717, 1.165) is 52.9 Å². The Morgan fingerprint density at radius 3 is 2.10 bits per heavy atom. The van der Waals surface area contributed by atoms with Crippen LogP contribution in [-0.2, 0) is 29.2 Å². The van der Waals surface area contributed by atoms with E-state index in [0.29, 0.717) is 36.9 Å². The van der Waals surface area contributed by atoms with E-state index in [1.165, 1.54) is 18.2 Å². The highest BCUT2D eigenvalue weighted by Crippen LogP contribution is 2.30. The topological polar surface area (TPSA) is 143 Å². The Labute approximate surface area is 389 Å². The standard InChI is InChI=1S/C53H42F4N4O7/c1-2-25-67-42-27-40(53(66)68-50-48(56)43(54)29-44(55)49(50)57)26-41(28-42)60-52(65)38-21-17-34(18-22-38)31-59-51(64)37-19-15-33(16-20-37)30-58-46(62)13-7-8-14-47(63)61-32-39-11-4-3-9-35(39)23-24-36-10-5-6-12-45(36)61/h1,3-5,9-11,15-22,26-29H,6-8,12-14,25,30-32H2,(H,58,62)(H,59,64)(H,60,65). The lowest BCUT2D eigenvalue weighted by Crippen LogP contribution is -2.32. The summed E-state index contributed by atoms with van der Waals surface area (Å²) in [5, 5.41) is 8.28. The minimum atomic E-state index is -1.92. The first kappa shape index (κ1) is 47.5. The molecule has 68 heavy (non-hydrogen) atoms. The zero-order chi connectivity index (χ0) is 48.2. The molecule has 1 heterocycles. The molecule has 344 valence electrons. The van der Waals surface area contributed by atoms with Crippen LogP contribution in [0.25, 0.3) is 0 Å². The fourth-order valence-electron chi connectivity index (χ4n) is 7.28. The maximum Gasteiger partial charge on any atom is 0.343 e. The van der Waals surface area contributed by atoms with Gasteiger partial charge in [0.05, 0.1) is 12.1 Å². The number of anilines is 1. The molecule has 15 heteroatoms. The number of rotatable bonds is 16. The number of ether oxygens (including phenoxy) is 2. The van der Waals surface area contributed by atoms with E-state index in [2.05, 4.69) is 44.5 Å². The molecule has 3 N–H and O–H groups in total. The molecule has 5 aromatic carbocycles. The van der Waals surface area contributed by atoms with Crippen LogP contribution in [0.5, 0.6) is 11.5 Å². The van der Waals surface area contributed by atoms with Crippen LogP contribution in [-0.4, -0.2) is 41.1 Å². The van der Waals surface area contributed by atoms with Gasteiger partial charge >= 0.3 is 5.97 Å². The quantitative estimate of drug-likeness (QED) is 0.0224. The summed E-state index contributed by atoms with van der Waals surface area (Å²) >= 11 is 0. The normalized spacial score (nSPS) is 12.5. The highest BCUT2D eigenvalue weighted by atomic mass is 19.2. The molecule has 4 amide bonds. The molecule has 7 rings (SSSR count). The van der Waals surface area contributed by atoms with Crippen LogP contribution in [0.15, 0.2) is 120 Å². The van der Waals surface area contributed by atoms with Crippen molar-refractivity contribution in [2.45, 2.75) is 58.2 Å². The van der Waals surface area contributed by atoms with Crippen molar-refractivity contribution < 1.29 is 51.0 Å². The number of allylic oxidation sites excluding steroid dienone is 4. The SMILES string of the molecule is C#CCOc1cc(NC(=O)c2ccc(CNC(=O)c3ccc(CNC(=O)CCCCC(=O)N4Cc5ccccc5C#CC5=C4CCC=C5)cc3)cc2)cc(C(=O)Oc2c(F)c(F)cc(F)c2F)c1. The van der Waals surface area contributed by atoms with Gasteiger partial charge < -0.3 is 30.3 Å². The highest BCUT2D eigenvalue weighted by molar-refractivity contribution is 6.05. The molecule has 1 aliphatic heterocycles. The van der Waals surface area contributed by atoms with Gasteiger partial charge in [-0.1, -0.05) is 66.3 Å². The molecular formula is C53H42F4N4O7. The molecule has 0 bridgehead atoms. The van der Waals surface area contributed by atoms with Crippen molar-refractivity contribution in [3.05, 3.63) is 183 Å². The van der Waals surface area contributed by atoms with Crippen molar-refractivity contribution in [1.29, 1.82) is 0 Å². The van der Waals surface area contributed by atoms with E-state index >= 15 is 0 Å². The Bertz CT molecular complexity index is 2920. The number of nitrogens with one attached hydrogen (secondary N) is 3. The smallest absolute Gasteiger partial charge is 0.343 e. The van der Waals surface area contributed by atoms with Crippen LogP contribution in [0, 0.1) is 47.5 Å². The van der Waals surface area contributed by atoms with Crippen molar-refractivity contribution in [2.24, 2.45) is 0 Å². The number of carbonyl (C=O) groups is 5. The van der Waals surface area contributed by atoms with Crippen molar-refractivity contribution in [2.75, 3.05) is 11.9 Å². The van der Waals surface area contributed by atoms with Gasteiger partial charge in [-0.15, -0.1) is 6.42 Å². The van der Waals surface area contributed by atoms with Gasteiger partial charge in [-0.05, 0) is 90.9 Å². The number of amides is 4. The summed E-state index contributed by atoms with van der Waals surface area (Å²) in [7, 11) is 0. The van der Waals surface area contributed by atoms with Crippen LogP contribution in [0.3, 0.4) is 0 Å². The Balaban J connectivity index is 0.850. The number of nitrogens with zero attached hydrogens (tertiary/aromatic N) is 1. The number of benzene rings is 5. The first-order valence-electron chi connectivity index (χ1n) is 21.5. The number of hydrogen-bond donors (Lipinski definition) is 3. The summed E-state index contributed by atoms with van der Waals surface area (Å²) in [6.07, 6.45) is 12.6. The lowest BCUT2D eigenvalue weighted by atomic mass is 9.97. The van der Waals surface area contributed by atoms with Gasteiger partial charge in [0.1, 0.15) is 12.4 Å². The molecule has 11 nitrogen and oxygen atoms in total. The molecule has 5 aromatic rings. The van der Waals surface area contributed by atoms with Crippen molar-refractivity contribution in [3.63, 3.8) is 0 Å². The van der Waals surface area contributed by atoms with E-state index in [9.17, 15) is 41.5 Å². The average molecular weight is 923 g/mol. The summed E-state index contributed by atoms with van der Waals surface area (Å²) in [5.41, 5.74) is 5.32. The van der Waals surface area contributed by atoms with Crippen LogP contribution < -0.4 is 25.4 Å². The number of unbranched alkanes of at least 4 members (excludes halogenated alkanes) is 1. The summed E-state index contributed by atoms with van der Waals surface area (Å²) in [5.74, 6) is -2.87. The Morgan fingerprint density at radius 2 is 1.40 bits per heavy atom. The first-order chi connectivity index (χ1) is 32.9. The van der Waals surface area contributed by atoms with Gasteiger partial charge in [0, 0.05) is 71.7 Å². The molecule has 0 radical (unpaired) electrons. The Kier molecular flexibility index (Phi) is 15.5. The highest BCUT2D eigenvalue weighted by Gasteiger charge is 2.26. The van der Waals surface area contributed by atoms with E-state index in [4.69, 9.17) is 11.2 Å². The Morgan fingerprint density at radius 1 is 0.735 bits per heavy atom. The second-order valence-corrected chi connectivity index (χ2v) is 15.6. The van der Waals surface area contributed by atoms with E-state index < -0.39 is 46.5 Å². The van der Waals surface area contributed by atoms with Gasteiger partial charge in [-0.2, -0.15) is 8.78 Å². The fraction of sp³-hybridized carbons (Fsp3) is 0.189. The molecule has 0 aromatic heterocycles. The molecule has 0 saturated heterocycles. The minimum absolute atomic E-state index is 0.0119. The molecule has 1 aliphatic carbocycles. The van der Waals surface area contributed by atoms with Crippen LogP contribution >= 0.6 is 0 Å². The third-order valence-electron chi connectivity index (χ3n) is 10.9. The zero-order valence-electron chi connectivity index (χ0n) is 36.4. The number of terminal acetylenes is 1. The monoisotopic (exact) mass is 922 g/mol. The summed E-state index contributed by atoms with van der Waals surface area (Å²) in [4.78, 5) is 67.0. The van der Waals surface area contributed by atoms with Gasteiger partial charge in [-0.3, -0.25) is 19.2 Å². The largest absolute Gasteiger partial charge is 0.481 e. The minimum Gasteiger partial charge on any atom is -0.481 e. The Hall–Kier alpha value is -8.43. The van der Waals surface area contributed by atoms with Crippen LogP contribution in [0.4, 0.5) is 23.2 Å². The van der Waals surface area contributed by atoms with Gasteiger partial charge in [-0.25, -0.2) is 13.6 Å². The maximum atomic E-state index is 14.2. The third-order valence-corrected chi connectivity index (χ3v) is 10.9. The second kappa shape index (κ2) is 22.2. The number of halogens is 4. The lowest BCUT2D eigenvalue weighted by molar-refractivity contribution is -0.130. The van der Waals surface area contributed by atoms with Gasteiger partial charge in [0.15, 0.2) is 11.6 Å². The molecule has 0 atom stereocenters. The third kappa shape index (κ3) is 12.1. The molecule has 0 fully saturated rings. The molecule has 0 unspecified atom stereocenters. The van der Waals surface area contributed by atoms with Gasteiger partial charge in [0.2, 0.25) is 29.2 Å². The number of carbonyl (C=O) groups excluding carboxylic acids is 5. The maximum absolute atomic E-state index is 14.2. The lowest BCUT2D eigenvalue weighted by Gasteiger charge is -2.29. The predicted octanol–water partition coefficient (Wildman–Crippen LogP) is 8.83. The number of esters is 1. The summed E-state index contributed by atoms with van der Waals surface area (Å²) < 4.78 is 65.8. The van der Waals surface area contributed by atoms with E-state index in [1.54, 1.807) is 36.4 Å². The molecule has 2 aliphatic rings. The molecular weight excluding hydrogens is 881 g/mol. The molecule has 0 spiro atoms. The van der Waals surface area contributed by atoms with Crippen LogP contribution in [0.1, 0.15) is 91.9 Å². The number of fused-ring (bicyclic) bond motifs is 1. The van der Waals surface area contributed by atoms with Gasteiger partial charge in [0.25, 0.3) is 11.8 Å². The fourth-order valence-corrected chi connectivity index (χ4v) is 7.28. The molecule has 0 saturated carbocycles. The van der Waals surface area contributed by atoms with Crippen molar-refractivity contribution in [3.8, 4) is 35.7 Å². The van der Waals surface area contributed by atoms with Crippen molar-refractivity contribution in [1.82, 2.24) is 15.5 Å². The van der Waals surface area contributed by atoms with Crippen LogP contribution in [0.2, 0.25) is 0 Å². The number of hydrogen-bond acceptors (Lipinski definition) is 7. The average Bonchev–Trinajstić information content (AvgIpc) is 3.34. The predicted molar refractivity (Wildman–Crippen MR) is 244 cm³/mol. The summed E-state index contributed by atoms with van der Waals surface area (Å²) in [6, 6.07) is 24.3. The van der Waals surface area contributed by atoms with E-state index in [-0.39, 0.29) is 66.9 Å². The van der Waals surface area contributed by atoms with Crippen molar-refractivity contribution >= 4 is 35.3 Å². The zero-order valence-corrected chi connectivity index (χ0v) is 36.4. The summed E-state index contributed by atoms with van der Waals surface area (Å²) in [6.45, 7) is 0.586. The first-order valence-corrected chi connectivity index (χ1v) is 21.5. The second-order valence-electron chi connectivity index (χ2n) is 15.6. The van der Waals surface area contributed by atoms with E-state index in [1.807, 2.05) is 35.2 Å².